The van der Waals surface area contributed by atoms with Crippen LogP contribution in [0.15, 0.2) is 58.5 Å². The molecule has 1 aliphatic rings. The summed E-state index contributed by atoms with van der Waals surface area (Å²) < 4.78 is 24.7. The molecule has 2 aromatic rings. The van der Waals surface area contributed by atoms with Crippen LogP contribution in [0.1, 0.15) is 30.9 Å². The van der Waals surface area contributed by atoms with Crippen molar-refractivity contribution < 1.29 is 13.2 Å². The van der Waals surface area contributed by atoms with E-state index in [0.29, 0.717) is 18.7 Å². The second kappa shape index (κ2) is 7.29. The Labute approximate surface area is 153 Å². The van der Waals surface area contributed by atoms with E-state index in [1.165, 1.54) is 0 Å². The molecule has 1 saturated heterocycles. The minimum absolute atomic E-state index is 0.108. The lowest BCUT2D eigenvalue weighted by molar-refractivity contribution is -0.117. The summed E-state index contributed by atoms with van der Waals surface area (Å²) in [7, 11) is -3.72. The molecule has 2 aromatic carbocycles. The molecule has 7 heteroatoms. The molecule has 0 unspecified atom stereocenters. The van der Waals surface area contributed by atoms with Crippen molar-refractivity contribution >= 4 is 27.3 Å². The first kappa shape index (κ1) is 18.1. The van der Waals surface area contributed by atoms with Crippen molar-refractivity contribution in [1.29, 1.82) is 0 Å². The maximum absolute atomic E-state index is 12.3. The van der Waals surface area contributed by atoms with Crippen LogP contribution >= 0.6 is 0 Å². The van der Waals surface area contributed by atoms with E-state index >= 15 is 0 Å². The number of aryl methyl sites for hydroxylation is 1. The maximum Gasteiger partial charge on any atom is 0.276 e. The number of anilines is 1. The molecule has 1 aliphatic heterocycles. The van der Waals surface area contributed by atoms with Crippen molar-refractivity contribution in [1.82, 2.24) is 4.83 Å². The zero-order valence-corrected chi connectivity index (χ0v) is 15.6. The lowest BCUT2D eigenvalue weighted by Gasteiger charge is -2.16. The average Bonchev–Trinajstić information content (AvgIpc) is 3.06. The second-order valence-corrected chi connectivity index (χ2v) is 7.97. The Morgan fingerprint density at radius 2 is 1.88 bits per heavy atom. The third-order valence-corrected chi connectivity index (χ3v) is 5.54. The van der Waals surface area contributed by atoms with E-state index in [0.717, 1.165) is 23.2 Å². The number of sulfonamides is 1. The molecule has 0 aliphatic carbocycles. The molecule has 1 N–H and O–H groups in total. The van der Waals surface area contributed by atoms with Gasteiger partial charge in [0.15, 0.2) is 0 Å². The number of hydrazone groups is 1. The van der Waals surface area contributed by atoms with Gasteiger partial charge in [0.05, 0.1) is 10.6 Å². The summed E-state index contributed by atoms with van der Waals surface area (Å²) in [6.45, 7) is 4.32. The van der Waals surface area contributed by atoms with Gasteiger partial charge in [0.25, 0.3) is 10.0 Å². The molecule has 0 spiro atoms. The third-order valence-electron chi connectivity index (χ3n) is 4.31. The number of carbonyl (C=O) groups is 1. The van der Waals surface area contributed by atoms with Gasteiger partial charge in [-0.15, -0.1) is 0 Å². The smallest absolute Gasteiger partial charge is 0.276 e. The summed E-state index contributed by atoms with van der Waals surface area (Å²) in [5.41, 5.74) is 3.07. The summed E-state index contributed by atoms with van der Waals surface area (Å²) in [5, 5.41) is 4.03. The summed E-state index contributed by atoms with van der Waals surface area (Å²) in [6.07, 6.45) is 1.42. The standard InChI is InChI=1S/C19H21N3O3S/c1-14-8-10-18(11-9-14)26(24,25)21-20-15(2)16-5-3-6-17(13-16)22-12-4-7-19(22)23/h3,5-6,8-11,13,21H,4,7,12H2,1-2H3/b20-15-. The van der Waals surface area contributed by atoms with Gasteiger partial charge in [0, 0.05) is 18.7 Å². The normalized spacial score (nSPS) is 15.4. The van der Waals surface area contributed by atoms with Crippen LogP contribution in [0.25, 0.3) is 0 Å². The lowest BCUT2D eigenvalue weighted by atomic mass is 10.1. The van der Waals surface area contributed by atoms with E-state index < -0.39 is 10.0 Å². The Morgan fingerprint density at radius 3 is 2.54 bits per heavy atom. The van der Waals surface area contributed by atoms with Crippen LogP contribution in [-0.4, -0.2) is 26.6 Å². The van der Waals surface area contributed by atoms with Crippen LogP contribution in [-0.2, 0) is 14.8 Å². The molecule has 6 nitrogen and oxygen atoms in total. The zero-order chi connectivity index (χ0) is 18.7. The van der Waals surface area contributed by atoms with Crippen molar-refractivity contribution in [3.8, 4) is 0 Å². The zero-order valence-electron chi connectivity index (χ0n) is 14.8. The number of hydrogen-bond donors (Lipinski definition) is 1. The van der Waals surface area contributed by atoms with Crippen LogP contribution in [0.5, 0.6) is 0 Å². The SMILES string of the molecule is C/C(=N/NS(=O)(=O)c1ccc(C)cc1)c1cccc(N2CCCC2=O)c1. The molecule has 136 valence electrons. The Hall–Kier alpha value is -2.67. The predicted molar refractivity (Wildman–Crippen MR) is 102 cm³/mol. The monoisotopic (exact) mass is 371 g/mol. The van der Waals surface area contributed by atoms with E-state index in [1.807, 2.05) is 31.2 Å². The van der Waals surface area contributed by atoms with Crippen LogP contribution < -0.4 is 9.73 Å². The Kier molecular flexibility index (Phi) is 5.08. The Bertz CT molecular complexity index is 950. The average molecular weight is 371 g/mol. The van der Waals surface area contributed by atoms with E-state index in [-0.39, 0.29) is 10.8 Å². The molecule has 1 amide bonds. The molecule has 1 fully saturated rings. The van der Waals surface area contributed by atoms with Crippen molar-refractivity contribution in [2.75, 3.05) is 11.4 Å². The quantitative estimate of drug-likeness (QED) is 0.648. The number of hydrogen-bond acceptors (Lipinski definition) is 4. The van der Waals surface area contributed by atoms with Gasteiger partial charge in [0.2, 0.25) is 5.91 Å². The molecule has 26 heavy (non-hydrogen) atoms. The fourth-order valence-electron chi connectivity index (χ4n) is 2.78. The van der Waals surface area contributed by atoms with Gasteiger partial charge in [-0.2, -0.15) is 18.4 Å². The number of nitrogens with one attached hydrogen (secondary N) is 1. The molecule has 0 aromatic heterocycles. The number of nitrogens with zero attached hydrogens (tertiary/aromatic N) is 2. The lowest BCUT2D eigenvalue weighted by Crippen LogP contribution is -2.24. The fraction of sp³-hybridized carbons (Fsp3) is 0.263. The summed E-state index contributed by atoms with van der Waals surface area (Å²) >= 11 is 0. The highest BCUT2D eigenvalue weighted by molar-refractivity contribution is 7.89. The van der Waals surface area contributed by atoms with Crippen molar-refractivity contribution in [2.45, 2.75) is 31.6 Å². The summed E-state index contributed by atoms with van der Waals surface area (Å²) in [5.74, 6) is 0.108. The minimum Gasteiger partial charge on any atom is -0.312 e. The second-order valence-electron chi connectivity index (χ2n) is 6.30. The van der Waals surface area contributed by atoms with Crippen LogP contribution in [0.3, 0.4) is 0 Å². The molecule has 1 heterocycles. The predicted octanol–water partition coefficient (Wildman–Crippen LogP) is 2.82. The molecular weight excluding hydrogens is 350 g/mol. The van der Waals surface area contributed by atoms with Gasteiger partial charge in [-0.1, -0.05) is 29.8 Å². The van der Waals surface area contributed by atoms with Crippen molar-refractivity contribution in [3.05, 3.63) is 59.7 Å². The number of benzene rings is 2. The summed E-state index contributed by atoms with van der Waals surface area (Å²) in [6, 6.07) is 14.0. The third kappa shape index (κ3) is 3.94. The van der Waals surface area contributed by atoms with E-state index in [2.05, 4.69) is 9.93 Å². The molecule has 3 rings (SSSR count). The largest absolute Gasteiger partial charge is 0.312 e. The van der Waals surface area contributed by atoms with Gasteiger partial charge in [-0.25, -0.2) is 0 Å². The Morgan fingerprint density at radius 1 is 1.15 bits per heavy atom. The number of rotatable bonds is 5. The molecular formula is C19H21N3O3S. The first-order valence-corrected chi connectivity index (χ1v) is 9.89. The minimum atomic E-state index is -3.72. The number of carbonyl (C=O) groups excluding carboxylic acids is 1. The first-order chi connectivity index (χ1) is 12.4. The summed E-state index contributed by atoms with van der Waals surface area (Å²) in [4.78, 5) is 16.1. The number of amides is 1. The topological polar surface area (TPSA) is 78.8 Å². The molecule has 0 atom stereocenters. The highest BCUT2D eigenvalue weighted by Crippen LogP contribution is 2.22. The van der Waals surface area contributed by atoms with Gasteiger partial charge in [-0.05, 0) is 50.1 Å². The fourth-order valence-corrected chi connectivity index (χ4v) is 3.64. The Balaban J connectivity index is 1.79. The first-order valence-electron chi connectivity index (χ1n) is 8.40. The van der Waals surface area contributed by atoms with Crippen molar-refractivity contribution in [2.24, 2.45) is 5.10 Å². The van der Waals surface area contributed by atoms with Gasteiger partial charge in [0.1, 0.15) is 0 Å². The van der Waals surface area contributed by atoms with Gasteiger partial charge < -0.3 is 4.90 Å². The van der Waals surface area contributed by atoms with E-state index in [4.69, 9.17) is 0 Å². The highest BCUT2D eigenvalue weighted by Gasteiger charge is 2.21. The van der Waals surface area contributed by atoms with Gasteiger partial charge in [-0.3, -0.25) is 4.79 Å². The van der Waals surface area contributed by atoms with Crippen LogP contribution in [0, 0.1) is 6.92 Å². The van der Waals surface area contributed by atoms with E-state index in [1.54, 1.807) is 36.1 Å². The van der Waals surface area contributed by atoms with Crippen LogP contribution in [0.4, 0.5) is 5.69 Å². The van der Waals surface area contributed by atoms with E-state index in [9.17, 15) is 13.2 Å². The molecule has 0 bridgehead atoms. The molecule has 0 radical (unpaired) electrons. The van der Waals surface area contributed by atoms with Crippen LogP contribution in [0.2, 0.25) is 0 Å². The molecule has 0 saturated carbocycles. The highest BCUT2D eigenvalue weighted by atomic mass is 32.2. The van der Waals surface area contributed by atoms with Gasteiger partial charge >= 0.3 is 0 Å². The van der Waals surface area contributed by atoms with Crippen molar-refractivity contribution in [3.63, 3.8) is 0 Å². The maximum atomic E-state index is 12.3.